The van der Waals surface area contributed by atoms with E-state index in [0.29, 0.717) is 0 Å². The van der Waals surface area contributed by atoms with Crippen LogP contribution in [-0.4, -0.2) is 34.5 Å². The second-order valence-corrected chi connectivity index (χ2v) is 6.49. The Bertz CT molecular complexity index is 150. The van der Waals surface area contributed by atoms with Gasteiger partial charge in [-0.3, -0.25) is 14.9 Å². The van der Waals surface area contributed by atoms with Crippen LogP contribution in [0.1, 0.15) is 41.0 Å². The minimum atomic E-state index is -2.13. The Hall–Kier alpha value is 0.0569. The third kappa shape index (κ3) is 6.27. The van der Waals surface area contributed by atoms with Crippen LogP contribution in [0.5, 0.6) is 0 Å². The predicted octanol–water partition coefficient (Wildman–Crippen LogP) is 1.07. The van der Waals surface area contributed by atoms with E-state index in [9.17, 15) is 0 Å². The van der Waals surface area contributed by atoms with Gasteiger partial charge in [-0.25, -0.2) is 0 Å². The maximum atomic E-state index is 6.03. The molecule has 0 amide bonds. The molecule has 0 bridgehead atoms. The van der Waals surface area contributed by atoms with Crippen LogP contribution in [-0.2, 0) is 4.43 Å². The third-order valence-electron chi connectivity index (χ3n) is 1.89. The number of hydrogen-bond acceptors (Lipinski definition) is 4. The highest BCUT2D eigenvalue weighted by molar-refractivity contribution is 6.66. The van der Waals surface area contributed by atoms with Crippen LogP contribution in [0.3, 0.4) is 0 Å². The van der Waals surface area contributed by atoms with Crippen molar-refractivity contribution < 1.29 is 4.43 Å². The molecular formula is C10H27N3OSi. The SMILES string of the molecule is CCCN[Si](NCC)(NCC)OC(C)C. The highest BCUT2D eigenvalue weighted by Crippen LogP contribution is 1.98. The monoisotopic (exact) mass is 233 g/mol. The molecule has 0 aliphatic rings. The van der Waals surface area contributed by atoms with E-state index in [1.165, 1.54) is 0 Å². The van der Waals surface area contributed by atoms with E-state index in [2.05, 4.69) is 49.6 Å². The summed E-state index contributed by atoms with van der Waals surface area (Å²) in [7, 11) is -2.13. The lowest BCUT2D eigenvalue weighted by atomic mass is 10.5. The van der Waals surface area contributed by atoms with E-state index in [-0.39, 0.29) is 6.10 Å². The van der Waals surface area contributed by atoms with Crippen LogP contribution < -0.4 is 14.9 Å². The van der Waals surface area contributed by atoms with Crippen molar-refractivity contribution >= 4 is 8.80 Å². The molecule has 0 rings (SSSR count). The average molecular weight is 233 g/mol. The number of rotatable bonds is 9. The molecule has 0 atom stereocenters. The molecule has 15 heavy (non-hydrogen) atoms. The summed E-state index contributed by atoms with van der Waals surface area (Å²) in [6.07, 6.45) is 1.35. The summed E-state index contributed by atoms with van der Waals surface area (Å²) < 4.78 is 6.03. The molecule has 0 aromatic carbocycles. The Labute approximate surface area is 95.5 Å². The van der Waals surface area contributed by atoms with Gasteiger partial charge in [0.05, 0.1) is 0 Å². The Balaban J connectivity index is 4.40. The van der Waals surface area contributed by atoms with Gasteiger partial charge >= 0.3 is 8.80 Å². The van der Waals surface area contributed by atoms with Crippen LogP contribution in [0.4, 0.5) is 0 Å². The van der Waals surface area contributed by atoms with Crippen LogP contribution in [0.25, 0.3) is 0 Å². The van der Waals surface area contributed by atoms with Crippen LogP contribution in [0.2, 0.25) is 0 Å². The summed E-state index contributed by atoms with van der Waals surface area (Å²) in [5.74, 6) is 0. The van der Waals surface area contributed by atoms with Crippen LogP contribution >= 0.6 is 0 Å². The molecule has 0 aromatic heterocycles. The first kappa shape index (κ1) is 15.1. The molecule has 0 saturated carbocycles. The molecule has 0 saturated heterocycles. The van der Waals surface area contributed by atoms with E-state index >= 15 is 0 Å². The van der Waals surface area contributed by atoms with Gasteiger partial charge in [0.15, 0.2) is 0 Å². The lowest BCUT2D eigenvalue weighted by Gasteiger charge is -2.33. The van der Waals surface area contributed by atoms with Crippen molar-refractivity contribution in [1.29, 1.82) is 0 Å². The molecule has 0 aromatic rings. The van der Waals surface area contributed by atoms with Gasteiger partial charge in [0, 0.05) is 6.10 Å². The van der Waals surface area contributed by atoms with E-state index in [4.69, 9.17) is 4.43 Å². The van der Waals surface area contributed by atoms with E-state index < -0.39 is 8.80 Å². The zero-order valence-electron chi connectivity index (χ0n) is 10.8. The molecule has 0 radical (unpaired) electrons. The van der Waals surface area contributed by atoms with Crippen molar-refractivity contribution in [3.63, 3.8) is 0 Å². The lowest BCUT2D eigenvalue weighted by molar-refractivity contribution is 0.202. The van der Waals surface area contributed by atoms with Gasteiger partial charge in [0.1, 0.15) is 0 Å². The maximum Gasteiger partial charge on any atom is 0.440 e. The Morgan fingerprint density at radius 2 is 1.53 bits per heavy atom. The lowest BCUT2D eigenvalue weighted by Crippen LogP contribution is -2.75. The fourth-order valence-corrected chi connectivity index (χ4v) is 4.39. The molecule has 0 heterocycles. The highest BCUT2D eigenvalue weighted by Gasteiger charge is 2.35. The minimum absolute atomic E-state index is 0.235. The largest absolute Gasteiger partial charge is 0.440 e. The van der Waals surface area contributed by atoms with Crippen molar-refractivity contribution in [3.8, 4) is 0 Å². The number of hydrogen-bond donors (Lipinski definition) is 3. The second-order valence-electron chi connectivity index (χ2n) is 3.84. The second kappa shape index (κ2) is 8.24. The molecule has 5 heteroatoms. The topological polar surface area (TPSA) is 45.3 Å². The summed E-state index contributed by atoms with van der Waals surface area (Å²) in [5, 5.41) is 0. The molecular weight excluding hydrogens is 206 g/mol. The van der Waals surface area contributed by atoms with Crippen molar-refractivity contribution in [2.45, 2.75) is 47.1 Å². The van der Waals surface area contributed by atoms with Gasteiger partial charge in [-0.15, -0.1) is 0 Å². The van der Waals surface area contributed by atoms with E-state index in [0.717, 1.165) is 26.1 Å². The molecule has 3 N–H and O–H groups in total. The Kier molecular flexibility index (Phi) is 8.27. The van der Waals surface area contributed by atoms with Crippen molar-refractivity contribution in [1.82, 2.24) is 14.9 Å². The first-order valence-electron chi connectivity index (χ1n) is 6.03. The molecule has 0 spiro atoms. The third-order valence-corrected chi connectivity index (χ3v) is 5.16. The number of nitrogens with one attached hydrogen (secondary N) is 3. The minimum Gasteiger partial charge on any atom is -0.378 e. The van der Waals surface area contributed by atoms with E-state index in [1.54, 1.807) is 0 Å². The quantitative estimate of drug-likeness (QED) is 0.521. The predicted molar refractivity (Wildman–Crippen MR) is 67.6 cm³/mol. The summed E-state index contributed by atoms with van der Waals surface area (Å²) in [6, 6.07) is 0. The van der Waals surface area contributed by atoms with Gasteiger partial charge in [0.25, 0.3) is 0 Å². The van der Waals surface area contributed by atoms with Gasteiger partial charge in [-0.1, -0.05) is 20.8 Å². The Morgan fingerprint density at radius 3 is 1.87 bits per heavy atom. The normalized spacial score (nSPS) is 12.4. The van der Waals surface area contributed by atoms with Crippen molar-refractivity contribution in [2.75, 3.05) is 19.6 Å². The first-order chi connectivity index (χ1) is 7.10. The Morgan fingerprint density at radius 1 is 1.00 bits per heavy atom. The molecule has 0 unspecified atom stereocenters. The fourth-order valence-electron chi connectivity index (χ4n) is 1.46. The van der Waals surface area contributed by atoms with Gasteiger partial charge < -0.3 is 4.43 Å². The summed E-state index contributed by atoms with van der Waals surface area (Å²) in [6.45, 7) is 13.4. The summed E-state index contributed by atoms with van der Waals surface area (Å²) >= 11 is 0. The summed E-state index contributed by atoms with van der Waals surface area (Å²) in [4.78, 5) is 10.4. The van der Waals surface area contributed by atoms with Crippen LogP contribution in [0.15, 0.2) is 0 Å². The molecule has 0 aliphatic heterocycles. The molecule has 0 fully saturated rings. The van der Waals surface area contributed by atoms with Crippen LogP contribution in [0, 0.1) is 0 Å². The van der Waals surface area contributed by atoms with Crippen molar-refractivity contribution in [2.24, 2.45) is 0 Å². The first-order valence-corrected chi connectivity index (χ1v) is 7.93. The smallest absolute Gasteiger partial charge is 0.378 e. The fraction of sp³-hybridized carbons (Fsp3) is 1.00. The summed E-state index contributed by atoms with van der Waals surface area (Å²) in [5.41, 5.74) is 0. The maximum absolute atomic E-state index is 6.03. The highest BCUT2D eigenvalue weighted by atomic mass is 28.4. The molecule has 4 nitrogen and oxygen atoms in total. The van der Waals surface area contributed by atoms with Gasteiger partial charge in [-0.05, 0) is 39.9 Å². The zero-order valence-corrected chi connectivity index (χ0v) is 11.8. The van der Waals surface area contributed by atoms with Gasteiger partial charge in [0.2, 0.25) is 0 Å². The van der Waals surface area contributed by atoms with Gasteiger partial charge in [-0.2, -0.15) is 0 Å². The standard InChI is InChI=1S/C10H27N3OSi/c1-6-9-13-15(11-7-2,12-8-3)14-10(4)5/h10-13H,6-9H2,1-5H3. The average Bonchev–Trinajstić information content (AvgIpc) is 2.14. The molecule has 92 valence electrons. The van der Waals surface area contributed by atoms with Crippen molar-refractivity contribution in [3.05, 3.63) is 0 Å². The molecule has 0 aliphatic carbocycles. The van der Waals surface area contributed by atoms with E-state index in [1.807, 2.05) is 0 Å². The zero-order chi connectivity index (χ0) is 11.7.